The molecule has 0 spiro atoms. The van der Waals surface area contributed by atoms with Gasteiger partial charge in [-0.05, 0) is 40.8 Å². The molecule has 2 aromatic rings. The summed E-state index contributed by atoms with van der Waals surface area (Å²) in [6.45, 7) is 0. The number of nitrogens with two attached hydrogens (primary N) is 1. The molecule has 0 aliphatic heterocycles. The Hall–Kier alpha value is -1.04. The van der Waals surface area contributed by atoms with E-state index >= 15 is 0 Å². The van der Waals surface area contributed by atoms with Crippen molar-refractivity contribution in [3.05, 3.63) is 33.5 Å². The smallest absolute Gasteiger partial charge is 0.250 e. The van der Waals surface area contributed by atoms with E-state index in [1.165, 1.54) is 0 Å². The van der Waals surface area contributed by atoms with Gasteiger partial charge in [0, 0.05) is 15.2 Å². The Balaban J connectivity index is 2.86. The first-order chi connectivity index (χ1) is 6.20. The first-order valence-electron chi connectivity index (χ1n) is 3.75. The Labute approximate surface area is 88.5 Å². The molecule has 0 radical (unpaired) electrons. The Kier molecular flexibility index (Phi) is 1.99. The molecule has 13 heavy (non-hydrogen) atoms. The topological polar surface area (TPSA) is 58.9 Å². The van der Waals surface area contributed by atoms with Gasteiger partial charge in [-0.2, -0.15) is 0 Å². The fourth-order valence-electron chi connectivity index (χ4n) is 1.33. The van der Waals surface area contributed by atoms with Crippen LogP contribution >= 0.6 is 22.6 Å². The highest BCUT2D eigenvalue weighted by molar-refractivity contribution is 14.1. The predicted octanol–water partition coefficient (Wildman–Crippen LogP) is 1.87. The third-order valence-electron chi connectivity index (χ3n) is 1.94. The molecule has 0 saturated heterocycles. The number of aromatic amines is 1. The molecular formula is C9H7IN2O. The van der Waals surface area contributed by atoms with Crippen molar-refractivity contribution < 1.29 is 4.79 Å². The van der Waals surface area contributed by atoms with E-state index < -0.39 is 5.91 Å². The van der Waals surface area contributed by atoms with Gasteiger partial charge in [-0.15, -0.1) is 0 Å². The number of benzene rings is 1. The lowest BCUT2D eigenvalue weighted by Crippen LogP contribution is -2.11. The lowest BCUT2D eigenvalue weighted by molar-refractivity contribution is 0.100. The van der Waals surface area contributed by atoms with Crippen LogP contribution in [-0.4, -0.2) is 10.9 Å². The van der Waals surface area contributed by atoms with E-state index in [1.807, 2.05) is 12.1 Å². The summed E-state index contributed by atoms with van der Waals surface area (Å²) < 4.78 is 1.11. The quantitative estimate of drug-likeness (QED) is 0.772. The van der Waals surface area contributed by atoms with Crippen molar-refractivity contribution >= 4 is 39.4 Å². The van der Waals surface area contributed by atoms with Crippen LogP contribution in [0.15, 0.2) is 24.4 Å². The summed E-state index contributed by atoms with van der Waals surface area (Å²) in [6.07, 6.45) is 1.80. The molecule has 0 atom stereocenters. The lowest BCUT2D eigenvalue weighted by Gasteiger charge is -1.99. The zero-order chi connectivity index (χ0) is 9.42. The summed E-state index contributed by atoms with van der Waals surface area (Å²) in [7, 11) is 0. The molecule has 1 heterocycles. The second-order valence-electron chi connectivity index (χ2n) is 2.73. The largest absolute Gasteiger partial charge is 0.366 e. The second kappa shape index (κ2) is 3.02. The molecule has 2 rings (SSSR count). The molecule has 0 bridgehead atoms. The standard InChI is InChI=1S/C9H7IN2O/c10-7-2-1-6(9(11)13)8-5(7)3-4-12-8/h1-4,12H,(H2,11,13). The molecule has 0 unspecified atom stereocenters. The van der Waals surface area contributed by atoms with Crippen LogP contribution in [0.5, 0.6) is 0 Å². The zero-order valence-corrected chi connectivity index (χ0v) is 8.83. The van der Waals surface area contributed by atoms with E-state index in [0.717, 1.165) is 14.5 Å². The van der Waals surface area contributed by atoms with Crippen LogP contribution < -0.4 is 5.73 Å². The monoisotopic (exact) mass is 286 g/mol. The number of halogens is 1. The molecule has 0 saturated carbocycles. The number of H-pyrrole nitrogens is 1. The van der Waals surface area contributed by atoms with Crippen molar-refractivity contribution in [2.45, 2.75) is 0 Å². The minimum Gasteiger partial charge on any atom is -0.366 e. The van der Waals surface area contributed by atoms with Crippen molar-refractivity contribution in [1.82, 2.24) is 4.98 Å². The van der Waals surface area contributed by atoms with Crippen LogP contribution in [0, 0.1) is 3.57 Å². The number of fused-ring (bicyclic) bond motifs is 1. The van der Waals surface area contributed by atoms with Crippen molar-refractivity contribution in [2.24, 2.45) is 5.73 Å². The molecule has 1 amide bonds. The van der Waals surface area contributed by atoms with Crippen molar-refractivity contribution in [3.8, 4) is 0 Å². The van der Waals surface area contributed by atoms with Gasteiger partial charge in [-0.1, -0.05) is 0 Å². The molecule has 3 nitrogen and oxygen atoms in total. The van der Waals surface area contributed by atoms with Crippen LogP contribution in [0.25, 0.3) is 10.9 Å². The number of amides is 1. The van der Waals surface area contributed by atoms with Crippen molar-refractivity contribution in [2.75, 3.05) is 0 Å². The van der Waals surface area contributed by atoms with Gasteiger partial charge in [0.1, 0.15) is 0 Å². The minimum absolute atomic E-state index is 0.399. The highest BCUT2D eigenvalue weighted by Crippen LogP contribution is 2.22. The van der Waals surface area contributed by atoms with Crippen LogP contribution in [0.1, 0.15) is 10.4 Å². The Morgan fingerprint density at radius 1 is 1.38 bits per heavy atom. The minimum atomic E-state index is -0.399. The number of rotatable bonds is 1. The number of carbonyl (C=O) groups excluding carboxylic acids is 1. The van der Waals surface area contributed by atoms with Crippen molar-refractivity contribution in [1.29, 1.82) is 0 Å². The van der Waals surface area contributed by atoms with Crippen LogP contribution in [0.2, 0.25) is 0 Å². The molecule has 1 aromatic carbocycles. The molecule has 0 aliphatic carbocycles. The van der Waals surface area contributed by atoms with Gasteiger partial charge in [0.05, 0.1) is 11.1 Å². The zero-order valence-electron chi connectivity index (χ0n) is 6.67. The first kappa shape index (κ1) is 8.55. The number of nitrogens with one attached hydrogen (secondary N) is 1. The van der Waals surface area contributed by atoms with Crippen molar-refractivity contribution in [3.63, 3.8) is 0 Å². The fourth-order valence-corrected chi connectivity index (χ4v) is 1.96. The van der Waals surface area contributed by atoms with E-state index in [2.05, 4.69) is 27.6 Å². The highest BCUT2D eigenvalue weighted by atomic mass is 127. The number of carbonyl (C=O) groups is 1. The number of hydrogen-bond acceptors (Lipinski definition) is 1. The molecular weight excluding hydrogens is 279 g/mol. The van der Waals surface area contributed by atoms with E-state index in [9.17, 15) is 4.79 Å². The maximum atomic E-state index is 11.0. The lowest BCUT2D eigenvalue weighted by atomic mass is 10.1. The highest BCUT2D eigenvalue weighted by Gasteiger charge is 2.08. The van der Waals surface area contributed by atoms with E-state index in [4.69, 9.17) is 5.73 Å². The number of primary amides is 1. The SMILES string of the molecule is NC(=O)c1ccc(I)c2cc[nH]c12. The average molecular weight is 286 g/mol. The molecule has 3 N–H and O–H groups in total. The molecule has 4 heteroatoms. The second-order valence-corrected chi connectivity index (χ2v) is 3.89. The van der Waals surface area contributed by atoms with Gasteiger partial charge in [0.25, 0.3) is 5.91 Å². The predicted molar refractivity (Wildman–Crippen MR) is 59.5 cm³/mol. The Morgan fingerprint density at radius 3 is 2.85 bits per heavy atom. The van der Waals surface area contributed by atoms with E-state index in [1.54, 1.807) is 12.3 Å². The molecule has 0 fully saturated rings. The van der Waals surface area contributed by atoms with Crippen LogP contribution in [0.3, 0.4) is 0 Å². The van der Waals surface area contributed by atoms with Gasteiger partial charge < -0.3 is 10.7 Å². The summed E-state index contributed by atoms with van der Waals surface area (Å²) in [5.41, 5.74) is 6.59. The molecule has 0 aliphatic rings. The third kappa shape index (κ3) is 1.31. The summed E-state index contributed by atoms with van der Waals surface area (Å²) in [6, 6.07) is 5.56. The molecule has 1 aromatic heterocycles. The number of aromatic nitrogens is 1. The summed E-state index contributed by atoms with van der Waals surface area (Å²) in [4.78, 5) is 14.0. The summed E-state index contributed by atoms with van der Waals surface area (Å²) >= 11 is 2.22. The summed E-state index contributed by atoms with van der Waals surface area (Å²) in [5.74, 6) is -0.399. The maximum absolute atomic E-state index is 11.0. The van der Waals surface area contributed by atoms with Crippen LogP contribution in [0.4, 0.5) is 0 Å². The van der Waals surface area contributed by atoms with Gasteiger partial charge in [-0.25, -0.2) is 0 Å². The maximum Gasteiger partial charge on any atom is 0.250 e. The summed E-state index contributed by atoms with van der Waals surface area (Å²) in [5, 5.41) is 1.04. The Bertz CT molecular complexity index is 475. The average Bonchev–Trinajstić information content (AvgIpc) is 2.53. The molecule has 66 valence electrons. The number of hydrogen-bond donors (Lipinski definition) is 2. The van der Waals surface area contributed by atoms with Gasteiger partial charge >= 0.3 is 0 Å². The van der Waals surface area contributed by atoms with Gasteiger partial charge in [-0.3, -0.25) is 4.79 Å². The van der Waals surface area contributed by atoms with E-state index in [0.29, 0.717) is 5.56 Å². The van der Waals surface area contributed by atoms with Crippen LogP contribution in [-0.2, 0) is 0 Å². The Morgan fingerprint density at radius 2 is 2.15 bits per heavy atom. The third-order valence-corrected chi connectivity index (χ3v) is 2.88. The fraction of sp³-hybridized carbons (Fsp3) is 0. The van der Waals surface area contributed by atoms with E-state index in [-0.39, 0.29) is 0 Å². The first-order valence-corrected chi connectivity index (χ1v) is 4.83. The van der Waals surface area contributed by atoms with Gasteiger partial charge in [0.2, 0.25) is 0 Å². The van der Waals surface area contributed by atoms with Gasteiger partial charge in [0.15, 0.2) is 0 Å². The normalized spacial score (nSPS) is 10.5.